The topological polar surface area (TPSA) is 54.9 Å². The molecule has 1 amide bonds. The van der Waals surface area contributed by atoms with Crippen LogP contribution in [0.15, 0.2) is 6.20 Å². The van der Waals surface area contributed by atoms with Crippen LogP contribution in [0.5, 0.6) is 0 Å². The van der Waals surface area contributed by atoms with Crippen LogP contribution in [0.4, 0.5) is 5.00 Å². The van der Waals surface area contributed by atoms with E-state index in [9.17, 15) is 4.79 Å². The molecule has 1 aromatic heterocycles. The number of hydrogen-bond acceptors (Lipinski definition) is 4. The van der Waals surface area contributed by atoms with Crippen LogP contribution in [0.3, 0.4) is 0 Å². The largest absolute Gasteiger partial charge is 0.315 e. The summed E-state index contributed by atoms with van der Waals surface area (Å²) in [5.41, 5.74) is 0.183. The summed E-state index contributed by atoms with van der Waals surface area (Å²) >= 11 is 1.20. The molecule has 0 saturated heterocycles. The Hall–Kier alpha value is -0.970. The Labute approximate surface area is 80.5 Å². The summed E-state index contributed by atoms with van der Waals surface area (Å²) in [5, 5.41) is 7.17. The molecule has 1 aromatic rings. The van der Waals surface area contributed by atoms with E-state index in [1.807, 2.05) is 0 Å². The molecule has 0 spiro atoms. The molecule has 1 unspecified atom stereocenters. The van der Waals surface area contributed by atoms with E-state index in [2.05, 4.69) is 28.8 Å². The van der Waals surface area contributed by atoms with Crippen molar-refractivity contribution in [2.24, 2.45) is 11.3 Å². The van der Waals surface area contributed by atoms with Crippen molar-refractivity contribution in [1.82, 2.24) is 9.59 Å². The Balaban J connectivity index is 1.94. The van der Waals surface area contributed by atoms with E-state index in [1.54, 1.807) is 6.20 Å². The Morgan fingerprint density at radius 2 is 2.46 bits per heavy atom. The number of nitrogens with zero attached hydrogens (tertiary/aromatic N) is 2. The predicted octanol–water partition coefficient (Wildman–Crippen LogP) is 1.52. The fourth-order valence-electron chi connectivity index (χ4n) is 1.35. The molecule has 1 heterocycles. The molecule has 1 aliphatic rings. The number of amides is 1. The van der Waals surface area contributed by atoms with Gasteiger partial charge in [0, 0.05) is 17.5 Å². The molecule has 4 nitrogen and oxygen atoms in total. The van der Waals surface area contributed by atoms with Crippen molar-refractivity contribution in [1.29, 1.82) is 0 Å². The van der Waals surface area contributed by atoms with E-state index in [-0.39, 0.29) is 17.2 Å². The van der Waals surface area contributed by atoms with Crippen LogP contribution in [0.25, 0.3) is 0 Å². The highest BCUT2D eigenvalue weighted by atomic mass is 32.1. The number of hydrogen-bond donors (Lipinski definition) is 1. The average molecular weight is 197 g/mol. The van der Waals surface area contributed by atoms with Gasteiger partial charge in [0.2, 0.25) is 5.91 Å². The molecule has 0 radical (unpaired) electrons. The predicted molar refractivity (Wildman–Crippen MR) is 50.4 cm³/mol. The molecule has 0 aromatic carbocycles. The maximum absolute atomic E-state index is 11.5. The third-order valence-corrected chi connectivity index (χ3v) is 3.02. The van der Waals surface area contributed by atoms with Gasteiger partial charge in [0.1, 0.15) is 5.00 Å². The third kappa shape index (κ3) is 1.70. The Bertz CT molecular complexity index is 320. The normalized spacial score (nSPS) is 24.0. The summed E-state index contributed by atoms with van der Waals surface area (Å²) in [4.78, 5) is 11.5. The second kappa shape index (κ2) is 2.77. The molecular formula is C8H11N3OS. The summed E-state index contributed by atoms with van der Waals surface area (Å²) in [6.45, 7) is 4.20. The van der Waals surface area contributed by atoms with E-state index in [4.69, 9.17) is 0 Å². The van der Waals surface area contributed by atoms with Crippen molar-refractivity contribution in [3.05, 3.63) is 6.20 Å². The second-order valence-corrected chi connectivity index (χ2v) is 4.80. The van der Waals surface area contributed by atoms with Crippen LogP contribution in [0.2, 0.25) is 0 Å². The van der Waals surface area contributed by atoms with E-state index in [0.717, 1.165) is 11.4 Å². The molecule has 0 bridgehead atoms. The molecule has 1 saturated carbocycles. The smallest absolute Gasteiger partial charge is 0.228 e. The molecule has 0 aliphatic heterocycles. The fraction of sp³-hybridized carbons (Fsp3) is 0.625. The summed E-state index contributed by atoms with van der Waals surface area (Å²) in [5.74, 6) is 0.255. The van der Waals surface area contributed by atoms with E-state index in [1.165, 1.54) is 11.5 Å². The van der Waals surface area contributed by atoms with Gasteiger partial charge < -0.3 is 5.32 Å². The third-order valence-electron chi connectivity index (χ3n) is 2.44. The first-order chi connectivity index (χ1) is 6.09. The minimum atomic E-state index is 0.0936. The van der Waals surface area contributed by atoms with Gasteiger partial charge in [-0.3, -0.25) is 4.79 Å². The summed E-state index contributed by atoms with van der Waals surface area (Å²) in [7, 11) is 0. The van der Waals surface area contributed by atoms with Gasteiger partial charge in [-0.05, 0) is 11.8 Å². The van der Waals surface area contributed by atoms with Gasteiger partial charge in [-0.1, -0.05) is 18.3 Å². The van der Waals surface area contributed by atoms with Crippen LogP contribution in [0.1, 0.15) is 20.3 Å². The standard InChI is InChI=1S/C8H11N3OS/c1-8(2)3-5(8)7(12)10-6-4-9-11-13-6/h4-5H,3H2,1-2H3,(H,10,12). The van der Waals surface area contributed by atoms with Crippen LogP contribution in [0, 0.1) is 11.3 Å². The first-order valence-corrected chi connectivity index (χ1v) is 4.95. The van der Waals surface area contributed by atoms with Crippen LogP contribution in [-0.2, 0) is 4.79 Å². The minimum absolute atomic E-state index is 0.0936. The lowest BCUT2D eigenvalue weighted by Gasteiger charge is -2.02. The van der Waals surface area contributed by atoms with Gasteiger partial charge in [0.05, 0.1) is 6.20 Å². The molecule has 13 heavy (non-hydrogen) atoms. The summed E-state index contributed by atoms with van der Waals surface area (Å²) in [6, 6.07) is 0. The monoisotopic (exact) mass is 197 g/mol. The number of anilines is 1. The van der Waals surface area contributed by atoms with Crippen LogP contribution >= 0.6 is 11.5 Å². The maximum atomic E-state index is 11.5. The zero-order valence-electron chi connectivity index (χ0n) is 7.57. The fourth-order valence-corrected chi connectivity index (χ4v) is 1.77. The first-order valence-electron chi connectivity index (χ1n) is 4.18. The van der Waals surface area contributed by atoms with Gasteiger partial charge >= 0.3 is 0 Å². The minimum Gasteiger partial charge on any atom is -0.315 e. The summed E-state index contributed by atoms with van der Waals surface area (Å²) in [6.07, 6.45) is 2.54. The Kier molecular flexibility index (Phi) is 1.83. The first kappa shape index (κ1) is 8.62. The number of aromatic nitrogens is 2. The van der Waals surface area contributed by atoms with E-state index >= 15 is 0 Å². The lowest BCUT2D eigenvalue weighted by atomic mass is 10.1. The molecular weight excluding hydrogens is 186 g/mol. The zero-order valence-corrected chi connectivity index (χ0v) is 8.39. The molecule has 1 atom stereocenters. The van der Waals surface area contributed by atoms with Gasteiger partial charge in [-0.25, -0.2) is 0 Å². The van der Waals surface area contributed by atoms with E-state index < -0.39 is 0 Å². The highest BCUT2D eigenvalue weighted by Gasteiger charge is 2.50. The van der Waals surface area contributed by atoms with Crippen molar-refractivity contribution in [3.63, 3.8) is 0 Å². The second-order valence-electron chi connectivity index (χ2n) is 4.02. The average Bonchev–Trinajstić information content (AvgIpc) is 2.49. The molecule has 1 N–H and O–H groups in total. The maximum Gasteiger partial charge on any atom is 0.228 e. The lowest BCUT2D eigenvalue weighted by molar-refractivity contribution is -0.117. The van der Waals surface area contributed by atoms with Crippen molar-refractivity contribution in [2.75, 3.05) is 5.32 Å². The highest BCUT2D eigenvalue weighted by Crippen LogP contribution is 2.51. The number of nitrogens with one attached hydrogen (secondary N) is 1. The van der Waals surface area contributed by atoms with Gasteiger partial charge in [-0.15, -0.1) is 5.10 Å². The zero-order chi connectivity index (χ0) is 9.47. The highest BCUT2D eigenvalue weighted by molar-refractivity contribution is 7.10. The van der Waals surface area contributed by atoms with Gasteiger partial charge in [0.25, 0.3) is 0 Å². The molecule has 1 aliphatic carbocycles. The quantitative estimate of drug-likeness (QED) is 0.782. The van der Waals surface area contributed by atoms with Crippen molar-refractivity contribution in [3.8, 4) is 0 Å². The Morgan fingerprint density at radius 1 is 1.77 bits per heavy atom. The van der Waals surface area contributed by atoms with Crippen LogP contribution in [-0.4, -0.2) is 15.5 Å². The number of carbonyl (C=O) groups excluding carboxylic acids is 1. The number of rotatable bonds is 2. The van der Waals surface area contributed by atoms with Crippen molar-refractivity contribution in [2.45, 2.75) is 20.3 Å². The SMILES string of the molecule is CC1(C)CC1C(=O)Nc1cnns1. The lowest BCUT2D eigenvalue weighted by Crippen LogP contribution is -2.15. The molecule has 70 valence electrons. The molecule has 2 rings (SSSR count). The molecule has 1 fully saturated rings. The Morgan fingerprint density at radius 3 is 2.92 bits per heavy atom. The number of carbonyl (C=O) groups is 1. The van der Waals surface area contributed by atoms with Crippen LogP contribution < -0.4 is 5.32 Å². The summed E-state index contributed by atoms with van der Waals surface area (Å²) < 4.78 is 3.67. The van der Waals surface area contributed by atoms with E-state index in [0.29, 0.717) is 0 Å². The van der Waals surface area contributed by atoms with Crippen molar-refractivity contribution >= 4 is 22.4 Å². The molecule has 5 heteroatoms. The van der Waals surface area contributed by atoms with Gasteiger partial charge in [0.15, 0.2) is 0 Å². The van der Waals surface area contributed by atoms with Gasteiger partial charge in [-0.2, -0.15) is 0 Å². The van der Waals surface area contributed by atoms with Crippen molar-refractivity contribution < 1.29 is 4.79 Å².